The molecule has 3 aromatic rings. The summed E-state index contributed by atoms with van der Waals surface area (Å²) in [6, 6.07) is 4.58. The number of nitrogens with zero attached hydrogens (tertiary/aromatic N) is 4. The van der Waals surface area contributed by atoms with Crippen molar-refractivity contribution in [2.75, 3.05) is 5.32 Å². The van der Waals surface area contributed by atoms with Gasteiger partial charge >= 0.3 is 6.18 Å². The second kappa shape index (κ2) is 6.95. The fraction of sp³-hybridized carbons (Fsp3) is 0.176. The average Bonchev–Trinajstić information content (AvgIpc) is 3.09. The van der Waals surface area contributed by atoms with Crippen LogP contribution in [-0.4, -0.2) is 25.7 Å². The molecule has 134 valence electrons. The first-order valence-corrected chi connectivity index (χ1v) is 7.63. The Kier molecular flexibility index (Phi) is 4.70. The summed E-state index contributed by atoms with van der Waals surface area (Å²) in [7, 11) is 0. The molecule has 0 saturated carbocycles. The van der Waals surface area contributed by atoms with E-state index < -0.39 is 17.6 Å². The molecule has 6 nitrogen and oxygen atoms in total. The molecule has 0 aliphatic carbocycles. The summed E-state index contributed by atoms with van der Waals surface area (Å²) in [6.07, 6.45) is 2.88. The van der Waals surface area contributed by atoms with Crippen LogP contribution in [0.1, 0.15) is 34.6 Å². The molecule has 9 heteroatoms. The minimum absolute atomic E-state index is 0.163. The van der Waals surface area contributed by atoms with Gasteiger partial charge in [-0.05, 0) is 24.6 Å². The van der Waals surface area contributed by atoms with Crippen LogP contribution < -0.4 is 5.32 Å². The van der Waals surface area contributed by atoms with Gasteiger partial charge in [-0.15, -0.1) is 0 Å². The molecule has 0 spiro atoms. The summed E-state index contributed by atoms with van der Waals surface area (Å²) >= 11 is 0. The van der Waals surface area contributed by atoms with E-state index in [1.165, 1.54) is 36.9 Å². The van der Waals surface area contributed by atoms with E-state index in [2.05, 4.69) is 20.4 Å². The van der Waals surface area contributed by atoms with Crippen molar-refractivity contribution in [2.45, 2.75) is 19.1 Å². The highest BCUT2D eigenvalue weighted by atomic mass is 19.4. The molecule has 26 heavy (non-hydrogen) atoms. The molecule has 2 aromatic heterocycles. The monoisotopic (exact) mass is 361 g/mol. The maximum atomic E-state index is 12.6. The Balaban J connectivity index is 1.72. The van der Waals surface area contributed by atoms with E-state index in [0.717, 1.165) is 12.1 Å². The van der Waals surface area contributed by atoms with Gasteiger partial charge in [-0.1, -0.05) is 12.1 Å². The Bertz CT molecular complexity index is 891. The van der Waals surface area contributed by atoms with Crippen molar-refractivity contribution in [2.24, 2.45) is 0 Å². The van der Waals surface area contributed by atoms with Crippen LogP contribution in [-0.2, 0) is 6.18 Å². The van der Waals surface area contributed by atoms with Crippen LogP contribution in [0, 0.1) is 0 Å². The van der Waals surface area contributed by atoms with Crippen molar-refractivity contribution >= 4 is 11.6 Å². The number of alkyl halides is 3. The smallest absolute Gasteiger partial charge is 0.318 e. The van der Waals surface area contributed by atoms with Crippen molar-refractivity contribution in [3.05, 3.63) is 72.1 Å². The van der Waals surface area contributed by atoms with Crippen molar-refractivity contribution in [1.29, 1.82) is 0 Å². The highest BCUT2D eigenvalue weighted by molar-refractivity contribution is 6.02. The van der Waals surface area contributed by atoms with Crippen LogP contribution in [0.25, 0.3) is 0 Å². The Morgan fingerprint density at radius 2 is 1.88 bits per heavy atom. The van der Waals surface area contributed by atoms with Crippen molar-refractivity contribution < 1.29 is 18.0 Å². The molecule has 1 unspecified atom stereocenters. The number of rotatable bonds is 4. The molecule has 1 atom stereocenters. The molecule has 1 aromatic carbocycles. The molecular formula is C17H14F3N5O. The molecule has 0 fully saturated rings. The lowest BCUT2D eigenvalue weighted by atomic mass is 10.1. The number of hydrogen-bond donors (Lipinski definition) is 1. The van der Waals surface area contributed by atoms with E-state index >= 15 is 0 Å². The fourth-order valence-corrected chi connectivity index (χ4v) is 2.33. The third kappa shape index (κ3) is 3.88. The number of aromatic nitrogens is 4. The first-order valence-electron chi connectivity index (χ1n) is 7.63. The highest BCUT2D eigenvalue weighted by Gasteiger charge is 2.30. The number of halogens is 3. The predicted molar refractivity (Wildman–Crippen MR) is 87.5 cm³/mol. The van der Waals surface area contributed by atoms with Crippen molar-refractivity contribution in [3.8, 4) is 0 Å². The van der Waals surface area contributed by atoms with Gasteiger partial charge in [0, 0.05) is 18.6 Å². The lowest BCUT2D eigenvalue weighted by Crippen LogP contribution is -2.13. The van der Waals surface area contributed by atoms with Gasteiger partial charge in [0.15, 0.2) is 0 Å². The molecule has 0 radical (unpaired) electrons. The molecule has 1 amide bonds. The van der Waals surface area contributed by atoms with Gasteiger partial charge in [-0.25, -0.2) is 4.98 Å². The Labute approximate surface area is 146 Å². The molecule has 0 aliphatic rings. The molecule has 1 N–H and O–H groups in total. The minimum atomic E-state index is -4.37. The number of nitrogens with one attached hydrogen (secondary N) is 1. The van der Waals surface area contributed by atoms with Gasteiger partial charge in [0.1, 0.15) is 5.69 Å². The number of anilines is 1. The van der Waals surface area contributed by atoms with Crippen LogP contribution in [0.2, 0.25) is 0 Å². The van der Waals surface area contributed by atoms with E-state index in [1.807, 2.05) is 0 Å². The van der Waals surface area contributed by atoms with Gasteiger partial charge in [0.25, 0.3) is 5.91 Å². The van der Waals surface area contributed by atoms with E-state index in [-0.39, 0.29) is 11.7 Å². The highest BCUT2D eigenvalue weighted by Crippen LogP contribution is 2.30. The summed E-state index contributed by atoms with van der Waals surface area (Å²) in [6.45, 7) is 1.80. The number of amides is 1. The normalized spacial score (nSPS) is 12.6. The van der Waals surface area contributed by atoms with Gasteiger partial charge in [0.05, 0.1) is 29.7 Å². The minimum Gasteiger partial charge on any atom is -0.318 e. The van der Waals surface area contributed by atoms with Gasteiger partial charge < -0.3 is 5.32 Å². The standard InChI is InChI=1S/C17H14F3N5O/c1-11(12-2-4-13(5-3-12)17(18,19)20)25-10-14(8-23-25)24-16(26)15-9-21-6-7-22-15/h2-11H,1H3,(H,24,26). The lowest BCUT2D eigenvalue weighted by molar-refractivity contribution is -0.137. The summed E-state index contributed by atoms with van der Waals surface area (Å²) in [5.41, 5.74) is 0.564. The molecule has 0 aliphatic heterocycles. The van der Waals surface area contributed by atoms with Gasteiger partial charge in [-0.3, -0.25) is 14.5 Å². The first-order chi connectivity index (χ1) is 12.3. The third-order valence-electron chi connectivity index (χ3n) is 3.77. The Hall–Kier alpha value is -3.23. The molecule has 0 bridgehead atoms. The third-order valence-corrected chi connectivity index (χ3v) is 3.77. The summed E-state index contributed by atoms with van der Waals surface area (Å²) in [5, 5.41) is 6.79. The predicted octanol–water partition coefficient (Wildman–Crippen LogP) is 3.55. The first kappa shape index (κ1) is 17.6. The molecular weight excluding hydrogens is 347 g/mol. The summed E-state index contributed by atoms with van der Waals surface area (Å²) < 4.78 is 39.5. The maximum absolute atomic E-state index is 12.6. The van der Waals surface area contributed by atoms with E-state index in [0.29, 0.717) is 11.3 Å². The lowest BCUT2D eigenvalue weighted by Gasteiger charge is -2.14. The van der Waals surface area contributed by atoms with E-state index in [4.69, 9.17) is 0 Å². The maximum Gasteiger partial charge on any atom is 0.416 e. The largest absolute Gasteiger partial charge is 0.416 e. The van der Waals surface area contributed by atoms with E-state index in [1.54, 1.807) is 17.8 Å². The summed E-state index contributed by atoms with van der Waals surface area (Å²) in [5.74, 6) is -0.431. The Morgan fingerprint density at radius 1 is 1.15 bits per heavy atom. The van der Waals surface area contributed by atoms with E-state index in [9.17, 15) is 18.0 Å². The molecule has 0 saturated heterocycles. The zero-order valence-corrected chi connectivity index (χ0v) is 13.6. The van der Waals surface area contributed by atoms with Crippen LogP contribution in [0.3, 0.4) is 0 Å². The summed E-state index contributed by atoms with van der Waals surface area (Å²) in [4.78, 5) is 19.8. The number of benzene rings is 1. The zero-order valence-electron chi connectivity index (χ0n) is 13.6. The topological polar surface area (TPSA) is 72.7 Å². The second-order valence-corrected chi connectivity index (χ2v) is 5.55. The van der Waals surface area contributed by atoms with Crippen LogP contribution in [0.4, 0.5) is 18.9 Å². The van der Waals surface area contributed by atoms with Gasteiger partial charge in [-0.2, -0.15) is 18.3 Å². The van der Waals surface area contributed by atoms with Crippen LogP contribution in [0.5, 0.6) is 0 Å². The molecule has 3 rings (SSSR count). The number of hydrogen-bond acceptors (Lipinski definition) is 4. The quantitative estimate of drug-likeness (QED) is 0.771. The molecule has 2 heterocycles. The Morgan fingerprint density at radius 3 is 2.50 bits per heavy atom. The number of carbonyl (C=O) groups is 1. The van der Waals surface area contributed by atoms with Crippen molar-refractivity contribution in [3.63, 3.8) is 0 Å². The van der Waals surface area contributed by atoms with Crippen LogP contribution in [0.15, 0.2) is 55.2 Å². The SMILES string of the molecule is CC(c1ccc(C(F)(F)F)cc1)n1cc(NC(=O)c2cnccn2)cn1. The van der Waals surface area contributed by atoms with Gasteiger partial charge in [0.2, 0.25) is 0 Å². The number of carbonyl (C=O) groups excluding carboxylic acids is 1. The van der Waals surface area contributed by atoms with Crippen LogP contribution >= 0.6 is 0 Å². The fourth-order valence-electron chi connectivity index (χ4n) is 2.33. The second-order valence-electron chi connectivity index (χ2n) is 5.55. The zero-order chi connectivity index (χ0) is 18.7. The average molecular weight is 361 g/mol. The van der Waals surface area contributed by atoms with Crippen molar-refractivity contribution in [1.82, 2.24) is 19.7 Å².